The second-order valence-electron chi connectivity index (χ2n) is 4.60. The highest BCUT2D eigenvalue weighted by Crippen LogP contribution is 2.23. The molecule has 0 saturated heterocycles. The van der Waals surface area contributed by atoms with Crippen LogP contribution in [0.5, 0.6) is 0 Å². The molecule has 0 aliphatic heterocycles. The molecule has 1 aliphatic rings. The van der Waals surface area contributed by atoms with Gasteiger partial charge in [-0.05, 0) is 40.9 Å². The van der Waals surface area contributed by atoms with Crippen LogP contribution < -0.4 is 5.32 Å². The predicted octanol–water partition coefficient (Wildman–Crippen LogP) is 3.67. The third-order valence-electron chi connectivity index (χ3n) is 3.21. The summed E-state index contributed by atoms with van der Waals surface area (Å²) in [6, 6.07) is 3.78. The Labute approximate surface area is 124 Å². The minimum Gasteiger partial charge on any atom is -0.347 e. The number of rotatable bonds is 2. The Morgan fingerprint density at radius 1 is 1.28 bits per heavy atom. The van der Waals surface area contributed by atoms with E-state index in [0.717, 1.165) is 17.3 Å². The molecule has 98 valence electrons. The zero-order chi connectivity index (χ0) is 13.0. The highest BCUT2D eigenvalue weighted by molar-refractivity contribution is 9.10. The summed E-state index contributed by atoms with van der Waals surface area (Å²) in [7, 11) is 0. The number of hydrogen-bond donors (Lipinski definition) is 1. The molecule has 2 unspecified atom stereocenters. The second-order valence-corrected chi connectivity index (χ2v) is 6.69. The molecule has 1 amide bonds. The Bertz CT molecular complexity index is 408. The van der Waals surface area contributed by atoms with Crippen molar-refractivity contribution in [2.75, 3.05) is 0 Å². The quantitative estimate of drug-likeness (QED) is 0.632. The van der Waals surface area contributed by atoms with Crippen molar-refractivity contribution in [3.05, 3.63) is 28.5 Å². The molecule has 0 spiro atoms. The first-order chi connectivity index (χ1) is 8.66. The average Bonchev–Trinajstić information content (AvgIpc) is 2.56. The zero-order valence-corrected chi connectivity index (χ0v) is 13.2. The van der Waals surface area contributed by atoms with E-state index in [1.54, 1.807) is 12.3 Å². The summed E-state index contributed by atoms with van der Waals surface area (Å²) in [5.41, 5.74) is 0.474. The Morgan fingerprint density at radius 2 is 2.06 bits per heavy atom. The number of carbonyl (C=O) groups is 1. The van der Waals surface area contributed by atoms with E-state index in [9.17, 15) is 4.79 Å². The van der Waals surface area contributed by atoms with Crippen LogP contribution in [0.3, 0.4) is 0 Å². The summed E-state index contributed by atoms with van der Waals surface area (Å²) in [5, 5.41) is 3.08. The Morgan fingerprint density at radius 3 is 2.78 bits per heavy atom. The summed E-state index contributed by atoms with van der Waals surface area (Å²) >= 11 is 6.99. The molecule has 2 rings (SSSR count). The van der Waals surface area contributed by atoms with Crippen LogP contribution in [0.2, 0.25) is 0 Å². The van der Waals surface area contributed by atoms with E-state index in [1.807, 2.05) is 6.07 Å². The van der Waals surface area contributed by atoms with Gasteiger partial charge in [-0.15, -0.1) is 0 Å². The van der Waals surface area contributed by atoms with Gasteiger partial charge in [-0.1, -0.05) is 35.2 Å². The molecule has 5 heteroatoms. The lowest BCUT2D eigenvalue weighted by atomic mass is 10.1. The van der Waals surface area contributed by atoms with Crippen molar-refractivity contribution in [3.63, 3.8) is 0 Å². The molecule has 0 aromatic carbocycles. The number of amides is 1. The number of halogens is 2. The maximum Gasteiger partial charge on any atom is 0.270 e. The van der Waals surface area contributed by atoms with Crippen LogP contribution in [0, 0.1) is 0 Å². The molecule has 1 heterocycles. The van der Waals surface area contributed by atoms with Crippen molar-refractivity contribution in [3.8, 4) is 0 Å². The molecule has 0 bridgehead atoms. The second kappa shape index (κ2) is 6.66. The number of hydrogen-bond acceptors (Lipinski definition) is 2. The minimum absolute atomic E-state index is 0.0844. The van der Waals surface area contributed by atoms with Gasteiger partial charge < -0.3 is 5.32 Å². The van der Waals surface area contributed by atoms with Crippen LogP contribution in [0.4, 0.5) is 0 Å². The SMILES string of the molecule is O=C(NC1CCCCCC1Br)c1ccc(Br)cn1. The lowest BCUT2D eigenvalue weighted by Crippen LogP contribution is -2.40. The van der Waals surface area contributed by atoms with E-state index in [1.165, 1.54) is 19.3 Å². The number of carbonyl (C=O) groups excluding carboxylic acids is 1. The summed E-state index contributed by atoms with van der Waals surface area (Å²) in [5.74, 6) is -0.0844. The molecule has 1 saturated carbocycles. The summed E-state index contributed by atoms with van der Waals surface area (Å²) in [6.45, 7) is 0. The lowest BCUT2D eigenvalue weighted by Gasteiger charge is -2.21. The van der Waals surface area contributed by atoms with Gasteiger partial charge >= 0.3 is 0 Å². The third-order valence-corrected chi connectivity index (χ3v) is 4.77. The van der Waals surface area contributed by atoms with Gasteiger partial charge in [0, 0.05) is 21.5 Å². The number of nitrogens with zero attached hydrogens (tertiary/aromatic N) is 1. The first-order valence-corrected chi connectivity index (χ1v) is 7.94. The highest BCUT2D eigenvalue weighted by Gasteiger charge is 2.23. The molecule has 0 radical (unpaired) electrons. The summed E-state index contributed by atoms with van der Waals surface area (Å²) in [6.07, 6.45) is 7.48. The molecule has 1 aromatic rings. The van der Waals surface area contributed by atoms with Crippen molar-refractivity contribution < 1.29 is 4.79 Å². The fraction of sp³-hybridized carbons (Fsp3) is 0.538. The van der Waals surface area contributed by atoms with Gasteiger partial charge in [-0.25, -0.2) is 4.98 Å². The first kappa shape index (κ1) is 14.0. The molecule has 1 aliphatic carbocycles. The van der Waals surface area contributed by atoms with Gasteiger partial charge in [-0.2, -0.15) is 0 Å². The van der Waals surface area contributed by atoms with Crippen molar-refractivity contribution in [2.45, 2.75) is 43.0 Å². The molecular formula is C13H16Br2N2O. The van der Waals surface area contributed by atoms with Gasteiger partial charge in [0.05, 0.1) is 0 Å². The number of aromatic nitrogens is 1. The molecule has 1 fully saturated rings. The van der Waals surface area contributed by atoms with Crippen LogP contribution in [0.25, 0.3) is 0 Å². The van der Waals surface area contributed by atoms with E-state index in [4.69, 9.17) is 0 Å². The predicted molar refractivity (Wildman–Crippen MR) is 79.0 cm³/mol. The molecule has 2 atom stereocenters. The molecular weight excluding hydrogens is 360 g/mol. The van der Waals surface area contributed by atoms with Gasteiger partial charge in [0.25, 0.3) is 5.91 Å². The maximum absolute atomic E-state index is 12.1. The van der Waals surface area contributed by atoms with Gasteiger partial charge in [-0.3, -0.25) is 4.79 Å². The average molecular weight is 376 g/mol. The largest absolute Gasteiger partial charge is 0.347 e. The van der Waals surface area contributed by atoms with E-state index < -0.39 is 0 Å². The van der Waals surface area contributed by atoms with E-state index in [-0.39, 0.29) is 11.9 Å². The molecule has 3 nitrogen and oxygen atoms in total. The topological polar surface area (TPSA) is 42.0 Å². The Balaban J connectivity index is 1.99. The van der Waals surface area contributed by atoms with Gasteiger partial charge in [0.2, 0.25) is 0 Å². The number of alkyl halides is 1. The molecule has 1 N–H and O–H groups in total. The van der Waals surface area contributed by atoms with Gasteiger partial charge in [0.1, 0.15) is 5.69 Å². The maximum atomic E-state index is 12.1. The van der Waals surface area contributed by atoms with Crippen LogP contribution >= 0.6 is 31.9 Å². The first-order valence-electron chi connectivity index (χ1n) is 6.23. The van der Waals surface area contributed by atoms with Crippen molar-refractivity contribution >= 4 is 37.8 Å². The molecule has 1 aromatic heterocycles. The number of nitrogens with one attached hydrogen (secondary N) is 1. The van der Waals surface area contributed by atoms with Gasteiger partial charge in [0.15, 0.2) is 0 Å². The third kappa shape index (κ3) is 3.79. The van der Waals surface area contributed by atoms with Crippen LogP contribution in [-0.4, -0.2) is 21.8 Å². The fourth-order valence-corrected chi connectivity index (χ4v) is 3.13. The Hall–Kier alpha value is -0.420. The fourth-order valence-electron chi connectivity index (χ4n) is 2.18. The van der Waals surface area contributed by atoms with Crippen molar-refractivity contribution in [2.24, 2.45) is 0 Å². The van der Waals surface area contributed by atoms with Crippen molar-refractivity contribution in [1.29, 1.82) is 0 Å². The minimum atomic E-state index is -0.0844. The van der Waals surface area contributed by atoms with Crippen LogP contribution in [0.1, 0.15) is 42.6 Å². The van der Waals surface area contributed by atoms with E-state index in [2.05, 4.69) is 42.2 Å². The summed E-state index contributed by atoms with van der Waals surface area (Å²) in [4.78, 5) is 16.6. The van der Waals surface area contributed by atoms with Crippen LogP contribution in [-0.2, 0) is 0 Å². The van der Waals surface area contributed by atoms with Crippen LogP contribution in [0.15, 0.2) is 22.8 Å². The standard InChI is InChI=1S/C13H16Br2N2O/c14-9-6-7-12(16-8-9)13(18)17-11-5-3-1-2-4-10(11)15/h6-8,10-11H,1-5H2,(H,17,18). The Kier molecular flexibility index (Phi) is 5.18. The zero-order valence-electron chi connectivity index (χ0n) is 10.0. The smallest absolute Gasteiger partial charge is 0.270 e. The summed E-state index contributed by atoms with van der Waals surface area (Å²) < 4.78 is 0.881. The van der Waals surface area contributed by atoms with E-state index >= 15 is 0 Å². The lowest BCUT2D eigenvalue weighted by molar-refractivity contribution is 0.0930. The van der Waals surface area contributed by atoms with Crippen molar-refractivity contribution in [1.82, 2.24) is 10.3 Å². The normalized spacial score (nSPS) is 24.3. The number of pyridine rings is 1. The monoisotopic (exact) mass is 374 g/mol. The molecule has 18 heavy (non-hydrogen) atoms. The van der Waals surface area contributed by atoms with E-state index in [0.29, 0.717) is 10.5 Å². The highest BCUT2D eigenvalue weighted by atomic mass is 79.9.